The van der Waals surface area contributed by atoms with Gasteiger partial charge in [-0.15, -0.1) is 0 Å². The Morgan fingerprint density at radius 3 is 2.68 bits per heavy atom. The van der Waals surface area contributed by atoms with Crippen molar-refractivity contribution in [3.8, 4) is 17.6 Å². The molecule has 0 aliphatic carbocycles. The van der Waals surface area contributed by atoms with E-state index in [0.717, 1.165) is 5.56 Å². The zero-order chi connectivity index (χ0) is 14.0. The van der Waals surface area contributed by atoms with Crippen LogP contribution in [0.15, 0.2) is 34.8 Å². The van der Waals surface area contributed by atoms with Gasteiger partial charge in [-0.25, -0.2) is 4.39 Å². The number of aryl methyl sites for hydroxylation is 1. The van der Waals surface area contributed by atoms with E-state index in [1.54, 1.807) is 18.2 Å². The van der Waals surface area contributed by atoms with Crippen molar-refractivity contribution in [1.29, 1.82) is 5.26 Å². The van der Waals surface area contributed by atoms with Crippen molar-refractivity contribution in [3.05, 3.63) is 56.8 Å². The number of rotatable bonds is 2. The zero-order valence-electron chi connectivity index (χ0n) is 9.88. The molecule has 0 saturated heterocycles. The van der Waals surface area contributed by atoms with E-state index in [0.29, 0.717) is 10.8 Å². The van der Waals surface area contributed by atoms with E-state index in [4.69, 9.17) is 21.6 Å². The van der Waals surface area contributed by atoms with Crippen LogP contribution in [0.1, 0.15) is 11.1 Å². The molecule has 0 N–H and O–H groups in total. The fourth-order valence-corrected chi connectivity index (χ4v) is 2.04. The van der Waals surface area contributed by atoms with Crippen LogP contribution in [0.3, 0.4) is 0 Å². The lowest BCUT2D eigenvalue weighted by Crippen LogP contribution is -1.92. The monoisotopic (exact) mass is 339 g/mol. The quantitative estimate of drug-likeness (QED) is 0.751. The lowest BCUT2D eigenvalue weighted by atomic mass is 10.2. The molecule has 0 amide bonds. The van der Waals surface area contributed by atoms with Crippen LogP contribution in [-0.2, 0) is 0 Å². The van der Waals surface area contributed by atoms with E-state index in [1.807, 2.05) is 13.0 Å². The van der Waals surface area contributed by atoms with Gasteiger partial charge in [-0.05, 0) is 58.7 Å². The Labute approximate surface area is 123 Å². The molecule has 0 spiro atoms. The Hall–Kier alpha value is -1.57. The van der Waals surface area contributed by atoms with Gasteiger partial charge in [-0.3, -0.25) is 0 Å². The third-order valence-electron chi connectivity index (χ3n) is 2.52. The highest BCUT2D eigenvalue weighted by molar-refractivity contribution is 9.10. The van der Waals surface area contributed by atoms with Gasteiger partial charge in [0.25, 0.3) is 0 Å². The first-order valence-electron chi connectivity index (χ1n) is 5.35. The summed E-state index contributed by atoms with van der Waals surface area (Å²) in [7, 11) is 0. The smallest absolute Gasteiger partial charge is 0.181 e. The molecule has 5 heteroatoms. The van der Waals surface area contributed by atoms with E-state index < -0.39 is 5.82 Å². The summed E-state index contributed by atoms with van der Waals surface area (Å²) in [5.41, 5.74) is 1.06. The zero-order valence-corrected chi connectivity index (χ0v) is 12.2. The first-order valence-corrected chi connectivity index (χ1v) is 6.52. The van der Waals surface area contributed by atoms with Gasteiger partial charge in [-0.2, -0.15) is 5.26 Å². The van der Waals surface area contributed by atoms with Gasteiger partial charge in [0.1, 0.15) is 11.8 Å². The number of hydrogen-bond acceptors (Lipinski definition) is 2. The van der Waals surface area contributed by atoms with E-state index in [2.05, 4.69) is 15.9 Å². The van der Waals surface area contributed by atoms with Gasteiger partial charge in [0.2, 0.25) is 0 Å². The summed E-state index contributed by atoms with van der Waals surface area (Å²) in [6.07, 6.45) is 0. The van der Waals surface area contributed by atoms with Crippen LogP contribution >= 0.6 is 27.5 Å². The average Bonchev–Trinajstić information content (AvgIpc) is 2.40. The van der Waals surface area contributed by atoms with Gasteiger partial charge in [0.05, 0.1) is 10.0 Å². The second kappa shape index (κ2) is 5.60. The third kappa shape index (κ3) is 2.89. The van der Waals surface area contributed by atoms with E-state index in [9.17, 15) is 4.39 Å². The molecule has 0 radical (unpaired) electrons. The molecule has 96 valence electrons. The predicted octanol–water partition coefficient (Wildman–Crippen LogP) is 5.21. The van der Waals surface area contributed by atoms with Crippen LogP contribution in [0.25, 0.3) is 0 Å². The molecule has 2 nitrogen and oxygen atoms in total. The molecule has 2 aromatic rings. The van der Waals surface area contributed by atoms with E-state index in [-0.39, 0.29) is 15.8 Å². The van der Waals surface area contributed by atoms with Crippen molar-refractivity contribution >= 4 is 27.5 Å². The highest BCUT2D eigenvalue weighted by atomic mass is 79.9. The second-order valence-corrected chi connectivity index (χ2v) is 5.06. The van der Waals surface area contributed by atoms with Crippen LogP contribution in [0.2, 0.25) is 5.02 Å². The molecule has 2 aromatic carbocycles. The maximum Gasteiger partial charge on any atom is 0.181 e. The van der Waals surface area contributed by atoms with Crippen LogP contribution in [0.5, 0.6) is 11.5 Å². The normalized spacial score (nSPS) is 10.1. The van der Waals surface area contributed by atoms with Crippen LogP contribution in [0, 0.1) is 24.1 Å². The summed E-state index contributed by atoms with van der Waals surface area (Å²) in [6.45, 7) is 1.83. The maximum absolute atomic E-state index is 14.0. The fraction of sp³-hybridized carbons (Fsp3) is 0.0714. The Bertz CT molecular complexity index is 682. The van der Waals surface area contributed by atoms with Gasteiger partial charge < -0.3 is 4.74 Å². The molecule has 0 aromatic heterocycles. The molecule has 0 aliphatic rings. The summed E-state index contributed by atoms with van der Waals surface area (Å²) in [5.74, 6) is -0.0725. The molecule has 19 heavy (non-hydrogen) atoms. The Balaban J connectivity index is 2.36. The largest absolute Gasteiger partial charge is 0.454 e. The van der Waals surface area contributed by atoms with Crippen molar-refractivity contribution in [1.82, 2.24) is 0 Å². The number of halogens is 3. The summed E-state index contributed by atoms with van der Waals surface area (Å²) in [6, 6.07) is 9.85. The van der Waals surface area contributed by atoms with Gasteiger partial charge in [0, 0.05) is 5.02 Å². The minimum atomic E-state index is -0.605. The Morgan fingerprint density at radius 2 is 2.05 bits per heavy atom. The van der Waals surface area contributed by atoms with Gasteiger partial charge >= 0.3 is 0 Å². The minimum absolute atomic E-state index is 0.0487. The Kier molecular flexibility index (Phi) is 4.08. The molecule has 0 atom stereocenters. The fourth-order valence-electron chi connectivity index (χ4n) is 1.50. The molecule has 2 rings (SSSR count). The molecule has 0 fully saturated rings. The van der Waals surface area contributed by atoms with Crippen LogP contribution in [0.4, 0.5) is 4.39 Å². The minimum Gasteiger partial charge on any atom is -0.454 e. The topological polar surface area (TPSA) is 33.0 Å². The number of nitriles is 1. The van der Waals surface area contributed by atoms with E-state index in [1.165, 1.54) is 12.1 Å². The molecular formula is C14H8BrClFNO. The lowest BCUT2D eigenvalue weighted by molar-refractivity contribution is 0.440. The number of ether oxygens (including phenoxy) is 1. The first-order chi connectivity index (χ1) is 9.02. The summed E-state index contributed by atoms with van der Waals surface area (Å²) < 4.78 is 19.5. The van der Waals surface area contributed by atoms with Crippen molar-refractivity contribution < 1.29 is 9.13 Å². The standard InChI is InChI=1S/C14H8BrClFNO/c1-8-6-10(3-4-11(8)16)19-12-5-2-9(7-18)13(15)14(12)17/h2-6H,1H3. The highest BCUT2D eigenvalue weighted by Crippen LogP contribution is 2.32. The number of hydrogen-bond donors (Lipinski definition) is 0. The van der Waals surface area contributed by atoms with Gasteiger partial charge in [-0.1, -0.05) is 11.6 Å². The second-order valence-electron chi connectivity index (χ2n) is 3.86. The summed E-state index contributed by atoms with van der Waals surface area (Å²) in [5, 5.41) is 9.41. The van der Waals surface area contributed by atoms with Crippen molar-refractivity contribution in [2.45, 2.75) is 6.92 Å². The molecule has 0 heterocycles. The van der Waals surface area contributed by atoms with Crippen molar-refractivity contribution in [2.24, 2.45) is 0 Å². The summed E-state index contributed by atoms with van der Waals surface area (Å²) in [4.78, 5) is 0. The molecular weight excluding hydrogens is 333 g/mol. The summed E-state index contributed by atoms with van der Waals surface area (Å²) >= 11 is 8.94. The van der Waals surface area contributed by atoms with Crippen LogP contribution < -0.4 is 4.74 Å². The van der Waals surface area contributed by atoms with Crippen LogP contribution in [-0.4, -0.2) is 0 Å². The number of nitrogens with zero attached hydrogens (tertiary/aromatic N) is 1. The molecule has 0 aliphatic heterocycles. The SMILES string of the molecule is Cc1cc(Oc2ccc(C#N)c(Br)c2F)ccc1Cl. The predicted molar refractivity (Wildman–Crippen MR) is 75.1 cm³/mol. The van der Waals surface area contributed by atoms with E-state index >= 15 is 0 Å². The third-order valence-corrected chi connectivity index (χ3v) is 3.72. The highest BCUT2D eigenvalue weighted by Gasteiger charge is 2.13. The number of benzene rings is 2. The molecule has 0 unspecified atom stereocenters. The average molecular weight is 341 g/mol. The first kappa shape index (κ1) is 13.9. The van der Waals surface area contributed by atoms with Gasteiger partial charge in [0.15, 0.2) is 11.6 Å². The van der Waals surface area contributed by atoms with Crippen molar-refractivity contribution in [2.75, 3.05) is 0 Å². The lowest BCUT2D eigenvalue weighted by Gasteiger charge is -2.09. The molecule has 0 bridgehead atoms. The molecule has 0 saturated carbocycles. The van der Waals surface area contributed by atoms with Crippen molar-refractivity contribution in [3.63, 3.8) is 0 Å². The maximum atomic E-state index is 14.0. The Morgan fingerprint density at radius 1 is 1.32 bits per heavy atom.